The van der Waals surface area contributed by atoms with Crippen molar-refractivity contribution in [3.8, 4) is 5.75 Å². The summed E-state index contributed by atoms with van der Waals surface area (Å²) in [7, 11) is 0.554. The van der Waals surface area contributed by atoms with Gasteiger partial charge in [-0.25, -0.2) is 22.4 Å². The number of ether oxygens (including phenoxy) is 2. The summed E-state index contributed by atoms with van der Waals surface area (Å²) in [6.45, 7) is 6.79. The lowest BCUT2D eigenvalue weighted by Crippen LogP contribution is -2.44. The molecule has 1 fully saturated rings. The monoisotopic (exact) mass is 624 g/mol. The molecule has 0 unspecified atom stereocenters. The van der Waals surface area contributed by atoms with Gasteiger partial charge >= 0.3 is 12.1 Å². The van der Waals surface area contributed by atoms with Crippen LogP contribution in [0.4, 0.5) is 14.9 Å². The Morgan fingerprint density at radius 3 is 2.45 bits per heavy atom. The van der Waals surface area contributed by atoms with Crippen molar-refractivity contribution in [1.82, 2.24) is 15.1 Å². The summed E-state index contributed by atoms with van der Waals surface area (Å²) < 4.78 is 53.5. The normalized spacial score (nSPS) is 14.8. The van der Waals surface area contributed by atoms with Gasteiger partial charge in [-0.3, -0.25) is 9.62 Å². The molecule has 1 amide bonds. The van der Waals surface area contributed by atoms with Gasteiger partial charge in [0.2, 0.25) is 10.0 Å². The van der Waals surface area contributed by atoms with Crippen molar-refractivity contribution in [3.63, 3.8) is 0 Å². The Balaban J connectivity index is 2.09. The molecule has 2 aromatic carbocycles. The van der Waals surface area contributed by atoms with Gasteiger partial charge in [0.25, 0.3) is 0 Å². The quantitative estimate of drug-likeness (QED) is 0.285. The zero-order chi connectivity index (χ0) is 31.0. The van der Waals surface area contributed by atoms with Gasteiger partial charge in [0, 0.05) is 58.8 Å². The number of nitrogens with one attached hydrogen (secondary N) is 2. The van der Waals surface area contributed by atoms with Crippen molar-refractivity contribution in [3.05, 3.63) is 63.9 Å². The molecular weight excluding hydrogens is 587 g/mol. The number of benzene rings is 2. The van der Waals surface area contributed by atoms with Crippen molar-refractivity contribution in [2.24, 2.45) is 5.92 Å². The number of hydrogen-bond donors (Lipinski definition) is 2. The molecule has 0 aromatic heterocycles. The van der Waals surface area contributed by atoms with E-state index < -0.39 is 27.9 Å². The maximum atomic E-state index is 15.7. The van der Waals surface area contributed by atoms with Gasteiger partial charge < -0.3 is 19.7 Å². The number of halogens is 2. The predicted molar refractivity (Wildman–Crippen MR) is 162 cm³/mol. The Morgan fingerprint density at radius 2 is 1.86 bits per heavy atom. The van der Waals surface area contributed by atoms with Crippen molar-refractivity contribution in [2.45, 2.75) is 20.3 Å². The van der Waals surface area contributed by atoms with Crippen molar-refractivity contribution in [1.29, 1.82) is 0 Å². The molecule has 0 atom stereocenters. The molecule has 10 nitrogen and oxygen atoms in total. The Morgan fingerprint density at radius 1 is 1.17 bits per heavy atom. The van der Waals surface area contributed by atoms with Crippen LogP contribution in [0.3, 0.4) is 0 Å². The van der Waals surface area contributed by atoms with E-state index in [4.69, 9.17) is 21.1 Å². The highest BCUT2D eigenvalue weighted by atomic mass is 35.5. The molecule has 42 heavy (non-hydrogen) atoms. The van der Waals surface area contributed by atoms with Crippen LogP contribution in [0.2, 0.25) is 5.02 Å². The van der Waals surface area contributed by atoms with Gasteiger partial charge in [-0.2, -0.15) is 0 Å². The zero-order valence-electron chi connectivity index (χ0n) is 24.5. The summed E-state index contributed by atoms with van der Waals surface area (Å²) in [5, 5.41) is 3.44. The van der Waals surface area contributed by atoms with Crippen LogP contribution >= 0.6 is 11.6 Å². The molecule has 0 aliphatic carbocycles. The van der Waals surface area contributed by atoms with Crippen molar-refractivity contribution >= 4 is 44.9 Å². The highest BCUT2D eigenvalue weighted by molar-refractivity contribution is 7.92. The molecule has 13 heteroatoms. The van der Waals surface area contributed by atoms with E-state index in [1.54, 1.807) is 40.1 Å². The standard InChI is InChI=1S/C29H38ClFN4O6S/c1-19(2)18-42(38,39)33-25-8-6-7-21(27(25)31)15-22(28(36)40-5)23(17-35-13-11-32-12-14-35)20-9-10-26(24(30)16-20)41-29(37)34(3)4/h6-10,16,19,32-33H,11-15,17-18H2,1-5H3/b23-22-. The summed E-state index contributed by atoms with van der Waals surface area (Å²) in [6, 6.07) is 9.17. The van der Waals surface area contributed by atoms with Crippen LogP contribution < -0.4 is 14.8 Å². The van der Waals surface area contributed by atoms with Crippen molar-refractivity contribution in [2.75, 3.05) is 64.4 Å². The minimum absolute atomic E-state index is 0.112. The molecule has 1 heterocycles. The zero-order valence-corrected chi connectivity index (χ0v) is 26.1. The van der Waals surface area contributed by atoms with E-state index in [-0.39, 0.29) is 45.7 Å². The number of amides is 1. The molecule has 1 saturated heterocycles. The molecule has 0 bridgehead atoms. The van der Waals surface area contributed by atoms with Gasteiger partial charge in [0.1, 0.15) is 0 Å². The van der Waals surface area contributed by atoms with Crippen LogP contribution in [-0.4, -0.2) is 90.0 Å². The molecule has 1 aliphatic rings. The minimum Gasteiger partial charge on any atom is -0.466 e. The first-order valence-corrected chi connectivity index (χ1v) is 15.5. The van der Waals surface area contributed by atoms with Crippen LogP contribution in [0.1, 0.15) is 25.0 Å². The topological polar surface area (TPSA) is 117 Å². The maximum Gasteiger partial charge on any atom is 0.414 e. The molecule has 2 N–H and O–H groups in total. The van der Waals surface area contributed by atoms with Gasteiger partial charge in [-0.05, 0) is 40.8 Å². The number of rotatable bonds is 11. The summed E-state index contributed by atoms with van der Waals surface area (Å²) in [5.41, 5.74) is 1.22. The molecular formula is C29H38ClFN4O6S. The summed E-state index contributed by atoms with van der Waals surface area (Å²) in [6.07, 6.45) is -0.773. The Labute approximate surface area is 251 Å². The van der Waals surface area contributed by atoms with E-state index in [0.717, 1.165) is 13.1 Å². The van der Waals surface area contributed by atoms with Crippen LogP contribution in [0.15, 0.2) is 42.0 Å². The molecule has 0 spiro atoms. The second kappa shape index (κ2) is 14.8. The number of methoxy groups -OCH3 is 1. The molecule has 0 saturated carbocycles. The van der Waals surface area contributed by atoms with Gasteiger partial charge in [-0.15, -0.1) is 0 Å². The van der Waals surface area contributed by atoms with Crippen LogP contribution in [0.5, 0.6) is 5.75 Å². The number of hydrogen-bond acceptors (Lipinski definition) is 8. The number of piperazine rings is 1. The van der Waals surface area contributed by atoms with Crippen molar-refractivity contribution < 1.29 is 31.9 Å². The number of carbonyl (C=O) groups excluding carboxylic acids is 2. The van der Waals surface area contributed by atoms with E-state index in [2.05, 4.69) is 14.9 Å². The fraction of sp³-hybridized carbons (Fsp3) is 0.448. The van der Waals surface area contributed by atoms with E-state index >= 15 is 4.39 Å². The lowest BCUT2D eigenvalue weighted by Gasteiger charge is -2.29. The Hall–Kier alpha value is -3.19. The SMILES string of the molecule is COC(=O)/C(Cc1cccc(NS(=O)(=O)CC(C)C)c1F)=C(/CN1CCNCC1)c1ccc(OC(=O)N(C)C)c(Cl)c1. The number of esters is 1. The van der Waals surface area contributed by atoms with E-state index in [9.17, 15) is 18.0 Å². The number of carbonyl (C=O) groups is 2. The summed E-state index contributed by atoms with van der Waals surface area (Å²) in [4.78, 5) is 28.7. The predicted octanol–water partition coefficient (Wildman–Crippen LogP) is 4.01. The van der Waals surface area contributed by atoms with Crippen LogP contribution in [0, 0.1) is 11.7 Å². The third-order valence-corrected chi connectivity index (χ3v) is 8.43. The van der Waals surface area contributed by atoms with Crippen LogP contribution in [-0.2, 0) is 26.0 Å². The first kappa shape index (κ1) is 33.3. The van der Waals surface area contributed by atoms with Gasteiger partial charge in [0.15, 0.2) is 11.6 Å². The first-order chi connectivity index (χ1) is 19.8. The van der Waals surface area contributed by atoms with E-state index in [1.807, 2.05) is 0 Å². The average Bonchev–Trinajstić information content (AvgIpc) is 2.92. The second-order valence-electron chi connectivity index (χ2n) is 10.6. The smallest absolute Gasteiger partial charge is 0.414 e. The molecule has 1 aliphatic heterocycles. The second-order valence-corrected chi connectivity index (χ2v) is 12.8. The Kier molecular flexibility index (Phi) is 11.7. The first-order valence-electron chi connectivity index (χ1n) is 13.5. The minimum atomic E-state index is -3.78. The maximum absolute atomic E-state index is 15.7. The van der Waals surface area contributed by atoms with Gasteiger partial charge in [-0.1, -0.05) is 43.6 Å². The summed E-state index contributed by atoms with van der Waals surface area (Å²) >= 11 is 6.50. The number of nitrogens with zero attached hydrogens (tertiary/aromatic N) is 2. The molecule has 3 rings (SSSR count). The third kappa shape index (κ3) is 9.15. The highest BCUT2D eigenvalue weighted by Gasteiger charge is 2.25. The lowest BCUT2D eigenvalue weighted by atomic mass is 9.93. The highest BCUT2D eigenvalue weighted by Crippen LogP contribution is 2.33. The van der Waals surface area contributed by atoms with Gasteiger partial charge in [0.05, 0.1) is 23.6 Å². The average molecular weight is 625 g/mol. The van der Waals surface area contributed by atoms with E-state index in [1.165, 1.54) is 36.3 Å². The lowest BCUT2D eigenvalue weighted by molar-refractivity contribution is -0.136. The largest absolute Gasteiger partial charge is 0.466 e. The Bertz CT molecular complexity index is 1430. The molecule has 0 radical (unpaired) electrons. The number of sulfonamides is 1. The number of anilines is 1. The van der Waals surface area contributed by atoms with E-state index in [0.29, 0.717) is 30.8 Å². The fourth-order valence-corrected chi connectivity index (χ4v) is 6.14. The summed E-state index contributed by atoms with van der Waals surface area (Å²) in [5.74, 6) is -1.62. The fourth-order valence-electron chi connectivity index (χ4n) is 4.47. The third-order valence-electron chi connectivity index (χ3n) is 6.49. The molecule has 2 aromatic rings. The molecule has 230 valence electrons. The van der Waals surface area contributed by atoms with Crippen LogP contribution in [0.25, 0.3) is 5.57 Å².